The maximum atomic E-state index is 12.2. The lowest BCUT2D eigenvalue weighted by Crippen LogP contribution is -2.35. The minimum absolute atomic E-state index is 0.121. The number of carbonyl (C=O) groups is 1. The van der Waals surface area contributed by atoms with E-state index in [1.807, 2.05) is 0 Å². The van der Waals surface area contributed by atoms with Gasteiger partial charge in [0.1, 0.15) is 5.56 Å². The second kappa shape index (κ2) is 8.81. The first-order valence-corrected chi connectivity index (χ1v) is 10.3. The van der Waals surface area contributed by atoms with E-state index in [9.17, 15) is 4.79 Å². The number of morpholine rings is 1. The number of carbonyl (C=O) groups excluding carboxylic acids is 1. The Morgan fingerprint density at radius 1 is 1.23 bits per heavy atom. The minimum Gasteiger partial charge on any atom is -0.379 e. The minimum atomic E-state index is -0.523. The normalized spacial score (nSPS) is 15.0. The number of nitrogens with two attached hydrogens (primary N) is 1. The van der Waals surface area contributed by atoms with Gasteiger partial charge in [-0.1, -0.05) is 24.3 Å². The summed E-state index contributed by atoms with van der Waals surface area (Å²) in [5.74, 6) is 0.0419. The smallest absolute Gasteiger partial charge is 0.256 e. The number of amides is 1. The van der Waals surface area contributed by atoms with Crippen LogP contribution in [0.1, 0.15) is 35.3 Å². The lowest BCUT2D eigenvalue weighted by molar-refractivity contribution is 0.0342. The number of anilines is 1. The van der Waals surface area contributed by atoms with E-state index in [4.69, 9.17) is 10.5 Å². The molecule has 0 unspecified atom stereocenters. The summed E-state index contributed by atoms with van der Waals surface area (Å²) in [6.07, 6.45) is 3.42. The zero-order valence-electron chi connectivity index (χ0n) is 17.5. The van der Waals surface area contributed by atoms with Crippen LogP contribution < -0.4 is 10.6 Å². The van der Waals surface area contributed by atoms with Gasteiger partial charge in [-0.15, -0.1) is 5.10 Å². The van der Waals surface area contributed by atoms with Gasteiger partial charge >= 0.3 is 0 Å². The number of primary amides is 1. The van der Waals surface area contributed by atoms with Gasteiger partial charge in [0.2, 0.25) is 0 Å². The van der Waals surface area contributed by atoms with Gasteiger partial charge in [0.05, 0.1) is 13.2 Å². The van der Waals surface area contributed by atoms with Crippen molar-refractivity contribution < 1.29 is 9.53 Å². The lowest BCUT2D eigenvalue weighted by Gasteiger charge is -2.28. The summed E-state index contributed by atoms with van der Waals surface area (Å²) >= 11 is 0. The first-order chi connectivity index (χ1) is 14.5. The van der Waals surface area contributed by atoms with Crippen molar-refractivity contribution in [1.82, 2.24) is 19.5 Å². The molecule has 0 bridgehead atoms. The van der Waals surface area contributed by atoms with E-state index < -0.39 is 5.91 Å². The fraction of sp³-hybridized carbons (Fsp3) is 0.409. The van der Waals surface area contributed by atoms with E-state index in [2.05, 4.69) is 58.0 Å². The number of hydrogen-bond donors (Lipinski definition) is 1. The summed E-state index contributed by atoms with van der Waals surface area (Å²) in [4.78, 5) is 21.1. The van der Waals surface area contributed by atoms with Gasteiger partial charge in [-0.25, -0.2) is 9.50 Å². The molecule has 3 heterocycles. The van der Waals surface area contributed by atoms with Crippen LogP contribution in [0.5, 0.6) is 0 Å². The molecule has 1 saturated heterocycles. The Balaban J connectivity index is 1.62. The molecule has 1 aliphatic rings. The molecule has 0 saturated carbocycles. The van der Waals surface area contributed by atoms with E-state index in [1.54, 1.807) is 23.0 Å². The molecule has 8 heteroatoms. The third-order valence-corrected chi connectivity index (χ3v) is 5.37. The summed E-state index contributed by atoms with van der Waals surface area (Å²) < 4.78 is 7.06. The molecule has 4 rings (SSSR count). The van der Waals surface area contributed by atoms with Crippen molar-refractivity contribution in [2.45, 2.75) is 33.0 Å². The Labute approximate surface area is 176 Å². The lowest BCUT2D eigenvalue weighted by atomic mass is 10.1. The van der Waals surface area contributed by atoms with E-state index >= 15 is 0 Å². The second-order valence-corrected chi connectivity index (χ2v) is 7.88. The number of hydrogen-bond acceptors (Lipinski definition) is 6. The van der Waals surface area contributed by atoms with E-state index in [0.29, 0.717) is 23.6 Å². The van der Waals surface area contributed by atoms with Crippen LogP contribution in [0.3, 0.4) is 0 Å². The SMILES string of the molecule is CC(C)N(Cc1cccc(CN2CCOCC2)c1)c1nn2cccnc2c1C(N)=O. The van der Waals surface area contributed by atoms with Gasteiger partial charge in [-0.05, 0) is 31.0 Å². The molecule has 30 heavy (non-hydrogen) atoms. The van der Waals surface area contributed by atoms with Crippen molar-refractivity contribution in [3.63, 3.8) is 0 Å². The molecule has 0 atom stereocenters. The van der Waals surface area contributed by atoms with E-state index in [-0.39, 0.29) is 6.04 Å². The van der Waals surface area contributed by atoms with Crippen molar-refractivity contribution in [2.24, 2.45) is 5.73 Å². The topological polar surface area (TPSA) is 89.0 Å². The molecule has 2 N–H and O–H groups in total. The Hall–Kier alpha value is -2.97. The number of fused-ring (bicyclic) bond motifs is 1. The second-order valence-electron chi connectivity index (χ2n) is 7.88. The molecule has 1 aromatic carbocycles. The van der Waals surface area contributed by atoms with Gasteiger partial charge in [-0.2, -0.15) is 0 Å². The van der Waals surface area contributed by atoms with E-state index in [0.717, 1.165) is 38.4 Å². The Morgan fingerprint density at radius 2 is 2.00 bits per heavy atom. The summed E-state index contributed by atoms with van der Waals surface area (Å²) in [6.45, 7) is 9.19. The van der Waals surface area contributed by atoms with Gasteiger partial charge in [-0.3, -0.25) is 9.69 Å². The van der Waals surface area contributed by atoms with Crippen molar-refractivity contribution in [1.29, 1.82) is 0 Å². The van der Waals surface area contributed by atoms with Crippen LogP contribution in [0.4, 0.5) is 5.82 Å². The molecule has 3 aromatic rings. The van der Waals surface area contributed by atoms with Crippen LogP contribution in [0.15, 0.2) is 42.7 Å². The molecule has 0 aliphatic carbocycles. The summed E-state index contributed by atoms with van der Waals surface area (Å²) in [7, 11) is 0. The number of benzene rings is 1. The molecule has 158 valence electrons. The summed E-state index contributed by atoms with van der Waals surface area (Å²) in [6, 6.07) is 10.5. The van der Waals surface area contributed by atoms with Gasteiger partial charge in [0.15, 0.2) is 11.5 Å². The molecule has 0 spiro atoms. The maximum Gasteiger partial charge on any atom is 0.256 e. The Morgan fingerprint density at radius 3 is 2.73 bits per heavy atom. The summed E-state index contributed by atoms with van der Waals surface area (Å²) in [5, 5.41) is 4.62. The molecule has 1 aliphatic heterocycles. The average Bonchev–Trinajstić information content (AvgIpc) is 3.12. The van der Waals surface area contributed by atoms with Crippen LogP contribution in [0.2, 0.25) is 0 Å². The molecule has 0 radical (unpaired) electrons. The highest BCUT2D eigenvalue weighted by molar-refractivity contribution is 6.03. The predicted octanol–water partition coefficient (Wildman–Crippen LogP) is 2.08. The highest BCUT2D eigenvalue weighted by atomic mass is 16.5. The fourth-order valence-electron chi connectivity index (χ4n) is 3.84. The maximum absolute atomic E-state index is 12.2. The Kier molecular flexibility index (Phi) is 5.96. The van der Waals surface area contributed by atoms with Crippen LogP contribution in [0, 0.1) is 0 Å². The first-order valence-electron chi connectivity index (χ1n) is 10.3. The largest absolute Gasteiger partial charge is 0.379 e. The van der Waals surface area contributed by atoms with Crippen molar-refractivity contribution in [3.8, 4) is 0 Å². The van der Waals surface area contributed by atoms with Crippen molar-refractivity contribution in [2.75, 3.05) is 31.2 Å². The Bertz CT molecular complexity index is 1030. The van der Waals surface area contributed by atoms with E-state index in [1.165, 1.54) is 5.56 Å². The molecule has 1 fully saturated rings. The van der Waals surface area contributed by atoms with Crippen molar-refractivity contribution >= 4 is 17.4 Å². The first kappa shape index (κ1) is 20.3. The highest BCUT2D eigenvalue weighted by Crippen LogP contribution is 2.26. The molecule has 1 amide bonds. The molecule has 8 nitrogen and oxygen atoms in total. The molecule has 2 aromatic heterocycles. The molecular formula is C22H28N6O2. The zero-order chi connectivity index (χ0) is 21.1. The molecular weight excluding hydrogens is 380 g/mol. The van der Waals surface area contributed by atoms with Crippen molar-refractivity contribution in [3.05, 3.63) is 59.4 Å². The van der Waals surface area contributed by atoms with Crippen LogP contribution in [-0.2, 0) is 17.8 Å². The quantitative estimate of drug-likeness (QED) is 0.644. The zero-order valence-corrected chi connectivity index (χ0v) is 17.5. The third-order valence-electron chi connectivity index (χ3n) is 5.37. The third kappa shape index (κ3) is 4.29. The fourth-order valence-corrected chi connectivity index (χ4v) is 3.84. The highest BCUT2D eigenvalue weighted by Gasteiger charge is 2.25. The van der Waals surface area contributed by atoms with Crippen LogP contribution in [-0.4, -0.2) is 57.8 Å². The van der Waals surface area contributed by atoms with Crippen LogP contribution in [0.25, 0.3) is 5.65 Å². The average molecular weight is 409 g/mol. The number of aromatic nitrogens is 3. The number of ether oxygens (including phenoxy) is 1. The predicted molar refractivity (Wildman–Crippen MR) is 115 cm³/mol. The number of rotatable bonds is 7. The number of nitrogens with zero attached hydrogens (tertiary/aromatic N) is 5. The monoisotopic (exact) mass is 408 g/mol. The summed E-state index contributed by atoms with van der Waals surface area (Å²) in [5.41, 5.74) is 8.97. The van der Waals surface area contributed by atoms with Crippen LogP contribution >= 0.6 is 0 Å². The van der Waals surface area contributed by atoms with Gasteiger partial charge in [0.25, 0.3) is 5.91 Å². The van der Waals surface area contributed by atoms with Gasteiger partial charge < -0.3 is 15.4 Å². The van der Waals surface area contributed by atoms with Gasteiger partial charge in [0, 0.05) is 44.6 Å². The standard InChI is InChI=1S/C22H28N6O2/c1-16(2)27(22-19(20(23)29)21-24-7-4-8-28(21)25-22)15-18-6-3-5-17(13-18)14-26-9-11-30-12-10-26/h3-8,13,16H,9-12,14-15H2,1-2H3,(H2,23,29).